The van der Waals surface area contributed by atoms with Gasteiger partial charge >= 0.3 is 18.3 Å². The van der Waals surface area contributed by atoms with E-state index in [1.165, 1.54) is 4.90 Å². The van der Waals surface area contributed by atoms with Crippen molar-refractivity contribution in [3.8, 4) is 5.75 Å². The second kappa shape index (κ2) is 15.4. The van der Waals surface area contributed by atoms with Crippen molar-refractivity contribution >= 4 is 35.0 Å². The van der Waals surface area contributed by atoms with Gasteiger partial charge in [0.2, 0.25) is 11.5 Å². The second-order valence-electron chi connectivity index (χ2n) is 13.2. The molecule has 286 valence electrons. The van der Waals surface area contributed by atoms with Gasteiger partial charge in [-0.05, 0) is 55.4 Å². The molecular weight excluding hydrogens is 730 g/mol. The van der Waals surface area contributed by atoms with Crippen LogP contribution in [0.1, 0.15) is 83.9 Å². The smallest absolute Gasteiger partial charge is 0.425 e. The van der Waals surface area contributed by atoms with E-state index in [0.29, 0.717) is 28.9 Å². The number of carboxylic acid groups (broad SMARTS) is 1. The third-order valence-corrected chi connectivity index (χ3v) is 11.0. The first-order chi connectivity index (χ1) is 24.9. The van der Waals surface area contributed by atoms with Crippen LogP contribution in [0, 0.1) is 0 Å². The van der Waals surface area contributed by atoms with Crippen LogP contribution in [0.5, 0.6) is 5.75 Å². The molecule has 2 saturated heterocycles. The molecule has 4 heterocycles. The molecule has 0 radical (unpaired) electrons. The topological polar surface area (TPSA) is 143 Å². The van der Waals surface area contributed by atoms with E-state index in [4.69, 9.17) is 10.5 Å². The lowest BCUT2D eigenvalue weighted by Crippen LogP contribution is -2.69. The Hall–Kier alpha value is -4.67. The number of thiophene rings is 1. The number of nitrogens with zero attached hydrogens (tertiary/aromatic N) is 3. The number of carboxylic acids is 1. The highest BCUT2D eigenvalue weighted by Gasteiger charge is 2.57. The number of ether oxygens (including phenoxy) is 1. The highest BCUT2D eigenvalue weighted by atomic mass is 32.1. The Kier molecular flexibility index (Phi) is 11.5. The number of rotatable bonds is 11. The zero-order valence-electron chi connectivity index (χ0n) is 28.6. The van der Waals surface area contributed by atoms with Crippen molar-refractivity contribution in [1.29, 1.82) is 0 Å². The number of amides is 3. The van der Waals surface area contributed by atoms with Crippen LogP contribution in [0.2, 0.25) is 0 Å². The van der Waals surface area contributed by atoms with Gasteiger partial charge in [0.1, 0.15) is 16.3 Å². The van der Waals surface area contributed by atoms with E-state index < -0.39 is 69.2 Å². The van der Waals surface area contributed by atoms with Crippen molar-refractivity contribution in [2.75, 3.05) is 19.6 Å². The Morgan fingerprint density at radius 1 is 1.00 bits per heavy atom. The van der Waals surface area contributed by atoms with Gasteiger partial charge in [0.25, 0.3) is 11.8 Å². The van der Waals surface area contributed by atoms with E-state index in [2.05, 4.69) is 4.98 Å². The fourth-order valence-electron chi connectivity index (χ4n) is 7.53. The lowest BCUT2D eigenvalue weighted by atomic mass is 9.69. The van der Waals surface area contributed by atoms with Gasteiger partial charge < -0.3 is 25.4 Å². The molecule has 0 bridgehead atoms. The number of carbonyl (C=O) groups excluding carboxylic acids is 3. The zero-order valence-corrected chi connectivity index (χ0v) is 29.5. The Morgan fingerprint density at radius 3 is 2.30 bits per heavy atom. The first-order valence-corrected chi connectivity index (χ1v) is 17.9. The van der Waals surface area contributed by atoms with Crippen LogP contribution in [0.4, 0.5) is 26.3 Å². The maximum absolute atomic E-state index is 14.9. The highest BCUT2D eigenvalue weighted by Crippen LogP contribution is 2.44. The summed E-state index contributed by atoms with van der Waals surface area (Å²) in [5.74, 6) is -3.84. The Bertz CT molecular complexity index is 1840. The van der Waals surface area contributed by atoms with Crippen LogP contribution < -0.4 is 10.5 Å². The maximum Gasteiger partial charge on any atom is 0.425 e. The molecular formula is C36H38F6N4O6S. The SMILES string of the molecule is CCC[C@H]1N(C(=O)c2ncccc2C(F)(F)F)CCC[C@@]1(Oc1csc(C(F)(F)F)c1)C(=O)N1CCC(C(N)=O)(c2ccccc2CCC(=O)O)CC1. The number of benzene rings is 1. The van der Waals surface area contributed by atoms with Crippen LogP contribution in [0.15, 0.2) is 54.0 Å². The van der Waals surface area contributed by atoms with E-state index in [9.17, 15) is 50.6 Å². The number of alkyl halides is 6. The van der Waals surface area contributed by atoms with Crippen LogP contribution in [0.25, 0.3) is 0 Å². The quantitative estimate of drug-likeness (QED) is 0.213. The lowest BCUT2D eigenvalue weighted by Gasteiger charge is -2.51. The number of likely N-dealkylation sites (tertiary alicyclic amines) is 2. The number of halogens is 6. The van der Waals surface area contributed by atoms with Gasteiger partial charge in [-0.1, -0.05) is 37.6 Å². The van der Waals surface area contributed by atoms with Crippen LogP contribution >= 0.6 is 11.3 Å². The van der Waals surface area contributed by atoms with Gasteiger partial charge in [-0.3, -0.25) is 24.2 Å². The van der Waals surface area contributed by atoms with Gasteiger partial charge in [-0.25, -0.2) is 0 Å². The minimum absolute atomic E-state index is 0.00881. The van der Waals surface area contributed by atoms with E-state index in [0.717, 1.165) is 34.7 Å². The number of nitrogens with two attached hydrogens (primary N) is 1. The van der Waals surface area contributed by atoms with Crippen LogP contribution in [-0.2, 0) is 38.6 Å². The van der Waals surface area contributed by atoms with Gasteiger partial charge in [0.05, 0.1) is 17.0 Å². The Labute approximate surface area is 304 Å². The molecule has 3 amide bonds. The molecule has 2 aliphatic rings. The Balaban J connectivity index is 1.55. The predicted molar refractivity (Wildman–Crippen MR) is 180 cm³/mol. The summed E-state index contributed by atoms with van der Waals surface area (Å²) in [6, 6.07) is 8.06. The molecule has 3 aromatic rings. The third-order valence-electron chi connectivity index (χ3n) is 10.0. The number of aromatic nitrogens is 1. The highest BCUT2D eigenvalue weighted by molar-refractivity contribution is 7.10. The molecule has 2 aromatic heterocycles. The molecule has 17 heteroatoms. The summed E-state index contributed by atoms with van der Waals surface area (Å²) >= 11 is 0.343. The minimum atomic E-state index is -4.93. The van der Waals surface area contributed by atoms with Crippen molar-refractivity contribution in [2.24, 2.45) is 5.73 Å². The molecule has 0 unspecified atom stereocenters. The number of primary amides is 1. The van der Waals surface area contributed by atoms with E-state index in [1.54, 1.807) is 31.2 Å². The van der Waals surface area contributed by atoms with Crippen molar-refractivity contribution in [1.82, 2.24) is 14.8 Å². The normalized spacial score (nSPS) is 20.5. The monoisotopic (exact) mass is 768 g/mol. The number of piperidine rings is 2. The summed E-state index contributed by atoms with van der Waals surface area (Å²) in [5.41, 5.74) is 1.63. The van der Waals surface area contributed by atoms with Crippen molar-refractivity contribution in [3.63, 3.8) is 0 Å². The first kappa shape index (κ1) is 39.5. The number of hydrogen-bond acceptors (Lipinski definition) is 7. The second-order valence-corrected chi connectivity index (χ2v) is 14.1. The van der Waals surface area contributed by atoms with E-state index in [-0.39, 0.29) is 70.3 Å². The van der Waals surface area contributed by atoms with Crippen molar-refractivity contribution < 1.29 is 55.4 Å². The first-order valence-electron chi connectivity index (χ1n) is 17.0. The maximum atomic E-state index is 14.9. The van der Waals surface area contributed by atoms with E-state index >= 15 is 0 Å². The van der Waals surface area contributed by atoms with Gasteiger partial charge in [0.15, 0.2) is 0 Å². The molecule has 2 fully saturated rings. The van der Waals surface area contributed by atoms with Crippen molar-refractivity contribution in [2.45, 2.75) is 87.7 Å². The molecule has 5 rings (SSSR count). The summed E-state index contributed by atoms with van der Waals surface area (Å²) in [5, 5.41) is 10.4. The fraction of sp³-hybridized carbons (Fsp3) is 0.472. The predicted octanol–water partition coefficient (Wildman–Crippen LogP) is 6.47. The number of pyridine rings is 1. The number of aryl methyl sites for hydroxylation is 1. The van der Waals surface area contributed by atoms with Crippen LogP contribution in [-0.4, -0.2) is 74.9 Å². The largest absolute Gasteiger partial charge is 0.481 e. The molecule has 3 N–H and O–H groups in total. The summed E-state index contributed by atoms with van der Waals surface area (Å²) in [4.78, 5) is 58.7. The Morgan fingerprint density at radius 2 is 1.70 bits per heavy atom. The number of hydrogen-bond donors (Lipinski definition) is 2. The van der Waals surface area contributed by atoms with Gasteiger partial charge in [-0.2, -0.15) is 26.3 Å². The van der Waals surface area contributed by atoms with Gasteiger partial charge in [-0.15, -0.1) is 11.3 Å². The molecule has 2 atom stereocenters. The summed E-state index contributed by atoms with van der Waals surface area (Å²) in [7, 11) is 0. The van der Waals surface area contributed by atoms with Crippen molar-refractivity contribution in [3.05, 3.63) is 81.3 Å². The number of aliphatic carboxylic acids is 1. The minimum Gasteiger partial charge on any atom is -0.481 e. The average molecular weight is 769 g/mol. The average Bonchev–Trinajstić information content (AvgIpc) is 3.60. The van der Waals surface area contributed by atoms with Gasteiger partial charge in [0, 0.05) is 50.1 Å². The summed E-state index contributed by atoms with van der Waals surface area (Å²) in [6.07, 6.45) is -8.35. The molecule has 53 heavy (non-hydrogen) atoms. The molecule has 2 aliphatic heterocycles. The van der Waals surface area contributed by atoms with Crippen LogP contribution in [0.3, 0.4) is 0 Å². The summed E-state index contributed by atoms with van der Waals surface area (Å²) in [6.45, 7) is 1.49. The third kappa shape index (κ3) is 7.99. The number of carbonyl (C=O) groups is 4. The van der Waals surface area contributed by atoms with E-state index in [1.807, 2.05) is 0 Å². The molecule has 0 spiro atoms. The molecule has 0 aliphatic carbocycles. The lowest BCUT2D eigenvalue weighted by molar-refractivity contribution is -0.161. The standard InChI is InChI=1S/C36H38F6N4O6S/c1-2-7-26-34(52-23-20-27(53-21-23)36(40,41)42,13-6-17-46(26)30(49)29-25(35(37,38)39)10-5-16-44-29)32(51)45-18-14-33(15-19-45,31(43)50)24-9-4-3-8-22(24)11-12-28(47)48/h3-5,8-10,16,20-21,26H,2,6-7,11-15,17-19H2,1H3,(H2,43,50)(H,47,48)/t26-,34+/m1/s1. The molecule has 1 aromatic carbocycles. The molecule has 10 nitrogen and oxygen atoms in total. The summed E-state index contributed by atoms with van der Waals surface area (Å²) < 4.78 is 89.4. The fourth-order valence-corrected chi connectivity index (χ4v) is 8.21. The zero-order chi connectivity index (χ0) is 38.8. The molecule has 0 saturated carbocycles.